The van der Waals surface area contributed by atoms with Crippen molar-refractivity contribution < 1.29 is 9.53 Å². The SMILES string of the molecule is CNC(=O)c1ccc(CN(C)C(=S)NCc2ccc(OC)cc2)cc1. The van der Waals surface area contributed by atoms with Crippen molar-refractivity contribution in [3.05, 3.63) is 65.2 Å². The average molecular weight is 357 g/mol. The first-order chi connectivity index (χ1) is 12.0. The fraction of sp³-hybridized carbons (Fsp3) is 0.263. The highest BCUT2D eigenvalue weighted by atomic mass is 32.1. The number of thiocarbonyl (C=S) groups is 1. The lowest BCUT2D eigenvalue weighted by molar-refractivity contribution is 0.0963. The molecule has 0 atom stereocenters. The molecule has 1 amide bonds. The number of hydrogen-bond acceptors (Lipinski definition) is 3. The molecule has 0 spiro atoms. The number of ether oxygens (including phenoxy) is 1. The summed E-state index contributed by atoms with van der Waals surface area (Å²) in [5.74, 6) is 0.750. The fourth-order valence-corrected chi connectivity index (χ4v) is 2.44. The summed E-state index contributed by atoms with van der Waals surface area (Å²) in [4.78, 5) is 13.5. The quantitative estimate of drug-likeness (QED) is 0.778. The molecule has 0 aliphatic carbocycles. The van der Waals surface area contributed by atoms with Gasteiger partial charge < -0.3 is 20.3 Å². The molecule has 2 aromatic carbocycles. The third-order valence-corrected chi connectivity index (χ3v) is 4.27. The number of carbonyl (C=O) groups is 1. The minimum atomic E-state index is -0.0865. The molecule has 0 aliphatic heterocycles. The Balaban J connectivity index is 1.85. The zero-order chi connectivity index (χ0) is 18.2. The Kier molecular flexibility index (Phi) is 6.77. The molecular weight excluding hydrogens is 334 g/mol. The number of nitrogens with zero attached hydrogens (tertiary/aromatic N) is 1. The Bertz CT molecular complexity index is 714. The third-order valence-electron chi connectivity index (χ3n) is 3.81. The van der Waals surface area contributed by atoms with Crippen LogP contribution in [-0.4, -0.2) is 37.1 Å². The maximum absolute atomic E-state index is 11.6. The van der Waals surface area contributed by atoms with E-state index in [9.17, 15) is 4.79 Å². The second kappa shape index (κ2) is 9.03. The second-order valence-corrected chi connectivity index (χ2v) is 6.03. The maximum atomic E-state index is 11.6. The standard InChI is InChI=1S/C19H23N3O2S/c1-20-18(23)16-8-4-15(5-9-16)13-22(2)19(25)21-12-14-6-10-17(24-3)11-7-14/h4-11H,12-13H2,1-3H3,(H,20,23)(H,21,25). The number of benzene rings is 2. The molecule has 0 saturated carbocycles. The molecule has 0 heterocycles. The topological polar surface area (TPSA) is 53.6 Å². The van der Waals surface area contributed by atoms with Crippen LogP contribution >= 0.6 is 12.2 Å². The molecule has 0 fully saturated rings. The highest BCUT2D eigenvalue weighted by Crippen LogP contribution is 2.11. The van der Waals surface area contributed by atoms with Gasteiger partial charge in [0.05, 0.1) is 7.11 Å². The molecule has 2 N–H and O–H groups in total. The van der Waals surface area contributed by atoms with Crippen molar-refractivity contribution in [2.75, 3.05) is 21.2 Å². The van der Waals surface area contributed by atoms with Gasteiger partial charge in [-0.05, 0) is 47.6 Å². The predicted octanol–water partition coefficient (Wildman–Crippen LogP) is 2.56. The van der Waals surface area contributed by atoms with Crippen molar-refractivity contribution in [1.29, 1.82) is 0 Å². The normalized spacial score (nSPS) is 10.0. The van der Waals surface area contributed by atoms with Crippen LogP contribution in [0.2, 0.25) is 0 Å². The largest absolute Gasteiger partial charge is 0.497 e. The Morgan fingerprint density at radius 1 is 1.08 bits per heavy atom. The number of nitrogens with one attached hydrogen (secondary N) is 2. The number of hydrogen-bond donors (Lipinski definition) is 2. The van der Waals surface area contributed by atoms with Gasteiger partial charge in [-0.15, -0.1) is 0 Å². The molecule has 0 bridgehead atoms. The van der Waals surface area contributed by atoms with Gasteiger partial charge >= 0.3 is 0 Å². The van der Waals surface area contributed by atoms with Crippen molar-refractivity contribution >= 4 is 23.2 Å². The summed E-state index contributed by atoms with van der Waals surface area (Å²) in [5, 5.41) is 6.53. The van der Waals surface area contributed by atoms with Gasteiger partial charge in [-0.2, -0.15) is 0 Å². The number of rotatable bonds is 6. The third kappa shape index (κ3) is 5.46. The summed E-state index contributed by atoms with van der Waals surface area (Å²) in [7, 11) is 5.21. The van der Waals surface area contributed by atoms with E-state index in [1.807, 2.05) is 60.5 Å². The van der Waals surface area contributed by atoms with Crippen molar-refractivity contribution in [2.24, 2.45) is 0 Å². The molecule has 25 heavy (non-hydrogen) atoms. The number of amides is 1. The molecule has 6 heteroatoms. The molecule has 0 aromatic heterocycles. The van der Waals surface area contributed by atoms with Crippen LogP contribution in [0.15, 0.2) is 48.5 Å². The average Bonchev–Trinajstić information content (AvgIpc) is 2.66. The minimum Gasteiger partial charge on any atom is -0.497 e. The van der Waals surface area contributed by atoms with Crippen LogP contribution in [-0.2, 0) is 13.1 Å². The van der Waals surface area contributed by atoms with E-state index in [0.717, 1.165) is 16.9 Å². The van der Waals surface area contributed by atoms with E-state index in [1.54, 1.807) is 14.2 Å². The molecule has 2 aromatic rings. The van der Waals surface area contributed by atoms with Gasteiger partial charge in [-0.25, -0.2) is 0 Å². The summed E-state index contributed by atoms with van der Waals surface area (Å²) >= 11 is 5.44. The van der Waals surface area contributed by atoms with Crippen molar-refractivity contribution in [3.8, 4) is 5.75 Å². The van der Waals surface area contributed by atoms with Crippen LogP contribution < -0.4 is 15.4 Å². The highest BCUT2D eigenvalue weighted by Gasteiger charge is 2.07. The molecule has 0 unspecified atom stereocenters. The summed E-state index contributed by atoms with van der Waals surface area (Å²) in [6.45, 7) is 1.32. The number of carbonyl (C=O) groups excluding carboxylic acids is 1. The second-order valence-electron chi connectivity index (χ2n) is 5.64. The first-order valence-corrected chi connectivity index (χ1v) is 8.37. The molecule has 0 aliphatic rings. The maximum Gasteiger partial charge on any atom is 0.251 e. The Morgan fingerprint density at radius 2 is 1.68 bits per heavy atom. The molecule has 0 saturated heterocycles. The Hall–Kier alpha value is -2.60. The summed E-state index contributed by atoms with van der Waals surface area (Å²) in [6.07, 6.45) is 0. The predicted molar refractivity (Wildman–Crippen MR) is 104 cm³/mol. The van der Waals surface area contributed by atoms with E-state index in [4.69, 9.17) is 17.0 Å². The zero-order valence-electron chi connectivity index (χ0n) is 14.7. The zero-order valence-corrected chi connectivity index (χ0v) is 15.5. The van der Waals surface area contributed by atoms with Gasteiger partial charge in [0, 0.05) is 32.7 Å². The highest BCUT2D eigenvalue weighted by molar-refractivity contribution is 7.80. The van der Waals surface area contributed by atoms with E-state index in [1.165, 1.54) is 0 Å². The van der Waals surface area contributed by atoms with Gasteiger partial charge in [0.15, 0.2) is 5.11 Å². The molecule has 5 nitrogen and oxygen atoms in total. The van der Waals surface area contributed by atoms with Gasteiger partial charge in [0.25, 0.3) is 5.91 Å². The first kappa shape index (κ1) is 18.7. The van der Waals surface area contributed by atoms with Crippen LogP contribution in [0, 0.1) is 0 Å². The summed E-state index contributed by atoms with van der Waals surface area (Å²) in [5.41, 5.74) is 2.87. The van der Waals surface area contributed by atoms with Crippen molar-refractivity contribution in [2.45, 2.75) is 13.1 Å². The smallest absolute Gasteiger partial charge is 0.251 e. The van der Waals surface area contributed by atoms with E-state index >= 15 is 0 Å². The van der Waals surface area contributed by atoms with E-state index in [0.29, 0.717) is 23.8 Å². The van der Waals surface area contributed by atoms with Crippen molar-refractivity contribution in [1.82, 2.24) is 15.5 Å². The van der Waals surface area contributed by atoms with E-state index in [2.05, 4.69) is 10.6 Å². The van der Waals surface area contributed by atoms with E-state index < -0.39 is 0 Å². The van der Waals surface area contributed by atoms with Crippen LogP contribution in [0.5, 0.6) is 5.75 Å². The van der Waals surface area contributed by atoms with E-state index in [-0.39, 0.29) is 5.91 Å². The fourth-order valence-electron chi connectivity index (χ4n) is 2.31. The lowest BCUT2D eigenvalue weighted by atomic mass is 10.1. The molecular formula is C19H23N3O2S. The lowest BCUT2D eigenvalue weighted by Gasteiger charge is -2.21. The summed E-state index contributed by atoms with van der Waals surface area (Å²) in [6, 6.07) is 15.4. The Morgan fingerprint density at radius 3 is 2.24 bits per heavy atom. The van der Waals surface area contributed by atoms with Crippen LogP contribution in [0.4, 0.5) is 0 Å². The van der Waals surface area contributed by atoms with Gasteiger partial charge in [-0.3, -0.25) is 4.79 Å². The van der Waals surface area contributed by atoms with Crippen molar-refractivity contribution in [3.63, 3.8) is 0 Å². The van der Waals surface area contributed by atoms with Crippen LogP contribution in [0.25, 0.3) is 0 Å². The van der Waals surface area contributed by atoms with Crippen LogP contribution in [0.3, 0.4) is 0 Å². The first-order valence-electron chi connectivity index (χ1n) is 7.96. The van der Waals surface area contributed by atoms with Gasteiger partial charge in [-0.1, -0.05) is 24.3 Å². The Labute approximate surface area is 154 Å². The monoisotopic (exact) mass is 357 g/mol. The molecule has 132 valence electrons. The summed E-state index contributed by atoms with van der Waals surface area (Å²) < 4.78 is 5.15. The van der Waals surface area contributed by atoms with Crippen LogP contribution in [0.1, 0.15) is 21.5 Å². The molecule has 2 rings (SSSR count). The lowest BCUT2D eigenvalue weighted by Crippen LogP contribution is -2.36. The van der Waals surface area contributed by atoms with Gasteiger partial charge in [0.2, 0.25) is 0 Å². The number of methoxy groups -OCH3 is 1. The minimum absolute atomic E-state index is 0.0865. The molecule has 0 radical (unpaired) electrons. The van der Waals surface area contributed by atoms with Gasteiger partial charge in [0.1, 0.15) is 5.75 Å².